The molecule has 1 heterocycles. The molecule has 3 heteroatoms. The van der Waals surface area contributed by atoms with Gasteiger partial charge in [-0.3, -0.25) is 14.9 Å². The summed E-state index contributed by atoms with van der Waals surface area (Å²) < 4.78 is 0. The Kier molecular flexibility index (Phi) is 1.78. The normalized spacial score (nSPS) is 38.1. The summed E-state index contributed by atoms with van der Waals surface area (Å²) in [6.07, 6.45) is 1.63. The predicted molar refractivity (Wildman–Crippen MR) is 83.8 cm³/mol. The number of carbonyl (C=O) groups is 2. The van der Waals surface area contributed by atoms with Crippen LogP contribution in [0.1, 0.15) is 46.9 Å². The fourth-order valence-corrected chi connectivity index (χ4v) is 6.16. The molecular weight excluding hydrogens is 286 g/mol. The maximum absolute atomic E-state index is 12.9. The molecule has 1 N–H and O–H groups in total. The maximum atomic E-state index is 12.9. The summed E-state index contributed by atoms with van der Waals surface area (Å²) in [5.41, 5.74) is 3.87. The average molecular weight is 301 g/mol. The van der Waals surface area contributed by atoms with E-state index in [9.17, 15) is 9.59 Å². The molecule has 1 aliphatic heterocycles. The highest BCUT2D eigenvalue weighted by atomic mass is 16.2. The first-order valence-corrected chi connectivity index (χ1v) is 8.25. The molecule has 0 spiro atoms. The lowest BCUT2D eigenvalue weighted by atomic mass is 9.33. The van der Waals surface area contributed by atoms with Crippen LogP contribution in [0.4, 0.5) is 0 Å². The van der Waals surface area contributed by atoms with Crippen LogP contribution in [-0.2, 0) is 9.59 Å². The first-order chi connectivity index (χ1) is 11.2. The molecular formula is C20H15NO2. The van der Waals surface area contributed by atoms with Gasteiger partial charge in [-0.05, 0) is 35.1 Å². The number of carbonyl (C=O) groups excluding carboxylic acids is 2. The van der Waals surface area contributed by atoms with Crippen molar-refractivity contribution in [2.45, 2.75) is 24.7 Å². The number of benzene rings is 2. The van der Waals surface area contributed by atoms with Crippen LogP contribution >= 0.6 is 0 Å². The number of amides is 2. The van der Waals surface area contributed by atoms with Gasteiger partial charge in [0.2, 0.25) is 11.8 Å². The Morgan fingerprint density at radius 1 is 0.696 bits per heavy atom. The molecule has 2 atom stereocenters. The SMILES string of the molecule is O=C1NC(=O)[C@]23CC[C@@]12C1c2ccccc2C3c2ccccc21. The monoisotopic (exact) mass is 301 g/mol. The van der Waals surface area contributed by atoms with Crippen molar-refractivity contribution in [2.24, 2.45) is 10.8 Å². The molecule has 2 bridgehead atoms. The molecule has 0 aromatic heterocycles. The maximum Gasteiger partial charge on any atom is 0.234 e. The Hall–Kier alpha value is -2.42. The summed E-state index contributed by atoms with van der Waals surface area (Å²) in [6.45, 7) is 0. The zero-order valence-corrected chi connectivity index (χ0v) is 12.5. The molecule has 2 fully saturated rings. The molecule has 4 aliphatic carbocycles. The molecule has 0 unspecified atom stereocenters. The van der Waals surface area contributed by atoms with E-state index in [2.05, 4.69) is 29.6 Å². The van der Waals surface area contributed by atoms with E-state index < -0.39 is 10.8 Å². The number of rotatable bonds is 0. The van der Waals surface area contributed by atoms with Gasteiger partial charge in [0, 0.05) is 11.8 Å². The van der Waals surface area contributed by atoms with Crippen molar-refractivity contribution in [3.63, 3.8) is 0 Å². The topological polar surface area (TPSA) is 46.2 Å². The Labute approximate surface area is 133 Å². The molecule has 112 valence electrons. The van der Waals surface area contributed by atoms with Gasteiger partial charge in [-0.2, -0.15) is 0 Å². The van der Waals surface area contributed by atoms with Gasteiger partial charge in [0.05, 0.1) is 10.8 Å². The molecule has 5 aliphatic rings. The summed E-state index contributed by atoms with van der Waals surface area (Å²) in [6, 6.07) is 16.8. The van der Waals surface area contributed by atoms with Crippen LogP contribution in [0.25, 0.3) is 0 Å². The van der Waals surface area contributed by atoms with Gasteiger partial charge in [0.15, 0.2) is 0 Å². The lowest BCUT2D eigenvalue weighted by molar-refractivity contribution is -0.160. The van der Waals surface area contributed by atoms with Gasteiger partial charge < -0.3 is 0 Å². The first-order valence-electron chi connectivity index (χ1n) is 8.25. The van der Waals surface area contributed by atoms with Crippen LogP contribution < -0.4 is 5.32 Å². The van der Waals surface area contributed by atoms with Gasteiger partial charge in [-0.1, -0.05) is 48.5 Å². The smallest absolute Gasteiger partial charge is 0.234 e. The van der Waals surface area contributed by atoms with Crippen molar-refractivity contribution >= 4 is 11.8 Å². The third-order valence-electron chi connectivity index (χ3n) is 6.97. The summed E-state index contributed by atoms with van der Waals surface area (Å²) in [4.78, 5) is 25.7. The van der Waals surface area contributed by atoms with Crippen LogP contribution in [-0.4, -0.2) is 11.8 Å². The molecule has 1 saturated heterocycles. The second-order valence-corrected chi connectivity index (χ2v) is 7.35. The minimum atomic E-state index is -0.558. The summed E-state index contributed by atoms with van der Waals surface area (Å²) in [5.74, 6) is -0.0688. The second kappa shape index (κ2) is 3.40. The van der Waals surface area contributed by atoms with Crippen LogP contribution in [0, 0.1) is 10.8 Å². The van der Waals surface area contributed by atoms with Crippen LogP contribution in [0.3, 0.4) is 0 Å². The summed E-state index contributed by atoms with van der Waals surface area (Å²) in [7, 11) is 0. The highest BCUT2D eigenvalue weighted by Crippen LogP contribution is 2.79. The Morgan fingerprint density at radius 2 is 1.04 bits per heavy atom. The zero-order chi connectivity index (χ0) is 15.4. The molecule has 1 saturated carbocycles. The van der Waals surface area contributed by atoms with Crippen molar-refractivity contribution in [1.82, 2.24) is 5.32 Å². The highest BCUT2D eigenvalue weighted by Gasteiger charge is 2.81. The number of imide groups is 1. The van der Waals surface area contributed by atoms with Gasteiger partial charge in [0.1, 0.15) is 0 Å². The minimum absolute atomic E-state index is 0.0140. The third-order valence-corrected chi connectivity index (χ3v) is 6.97. The van der Waals surface area contributed by atoms with Gasteiger partial charge in [-0.25, -0.2) is 0 Å². The van der Waals surface area contributed by atoms with Crippen LogP contribution in [0.5, 0.6) is 0 Å². The van der Waals surface area contributed by atoms with Crippen LogP contribution in [0.15, 0.2) is 48.5 Å². The average Bonchev–Trinajstić information content (AvgIpc) is 2.72. The lowest BCUT2D eigenvalue weighted by Crippen LogP contribution is -2.65. The lowest BCUT2D eigenvalue weighted by Gasteiger charge is -2.65. The van der Waals surface area contributed by atoms with Crippen molar-refractivity contribution in [1.29, 1.82) is 0 Å². The van der Waals surface area contributed by atoms with E-state index in [0.29, 0.717) is 0 Å². The van der Waals surface area contributed by atoms with E-state index >= 15 is 0 Å². The van der Waals surface area contributed by atoms with Crippen LogP contribution in [0.2, 0.25) is 0 Å². The Balaban J connectivity index is 1.81. The molecule has 2 amide bonds. The van der Waals surface area contributed by atoms with E-state index in [1.807, 2.05) is 24.3 Å². The van der Waals surface area contributed by atoms with Gasteiger partial charge in [0.25, 0.3) is 0 Å². The first kappa shape index (κ1) is 12.1. The fraction of sp³-hybridized carbons (Fsp3) is 0.300. The van der Waals surface area contributed by atoms with Crippen molar-refractivity contribution < 1.29 is 9.59 Å². The number of nitrogens with one attached hydrogen (secondary N) is 1. The molecule has 3 nitrogen and oxygen atoms in total. The number of hydrogen-bond acceptors (Lipinski definition) is 2. The largest absolute Gasteiger partial charge is 0.295 e. The predicted octanol–water partition coefficient (Wildman–Crippen LogP) is 2.70. The van der Waals surface area contributed by atoms with Crippen molar-refractivity contribution in [3.8, 4) is 0 Å². The second-order valence-electron chi connectivity index (χ2n) is 7.35. The Bertz CT molecular complexity index is 811. The quantitative estimate of drug-likeness (QED) is 0.761. The van der Waals surface area contributed by atoms with E-state index in [-0.39, 0.29) is 23.7 Å². The molecule has 23 heavy (non-hydrogen) atoms. The summed E-state index contributed by atoms with van der Waals surface area (Å²) >= 11 is 0. The van der Waals surface area contributed by atoms with E-state index in [0.717, 1.165) is 12.8 Å². The molecule has 0 radical (unpaired) electrons. The summed E-state index contributed by atoms with van der Waals surface area (Å²) in [5, 5.41) is 2.69. The molecule has 7 rings (SSSR count). The highest BCUT2D eigenvalue weighted by molar-refractivity contribution is 6.14. The van der Waals surface area contributed by atoms with E-state index in [1.165, 1.54) is 22.3 Å². The van der Waals surface area contributed by atoms with E-state index in [1.54, 1.807) is 0 Å². The zero-order valence-electron chi connectivity index (χ0n) is 12.5. The van der Waals surface area contributed by atoms with Crippen molar-refractivity contribution in [2.75, 3.05) is 0 Å². The minimum Gasteiger partial charge on any atom is -0.295 e. The van der Waals surface area contributed by atoms with Crippen molar-refractivity contribution in [3.05, 3.63) is 70.8 Å². The van der Waals surface area contributed by atoms with Gasteiger partial charge in [-0.15, -0.1) is 0 Å². The standard InChI is InChI=1S/C20H15NO2/c22-17-19-9-10-20(19,18(23)21-17)16-12-6-2-1-5-11(12)15(19)13-7-3-4-8-14(13)16/h1-8,15-16H,9-10H2,(H,21,22,23)/t15?,16?,19-,20-/m1/s1. The van der Waals surface area contributed by atoms with Gasteiger partial charge >= 0.3 is 0 Å². The Morgan fingerprint density at radius 3 is 1.35 bits per heavy atom. The van der Waals surface area contributed by atoms with E-state index in [4.69, 9.17) is 0 Å². The third kappa shape index (κ3) is 0.956. The number of hydrogen-bond donors (Lipinski definition) is 1. The fourth-order valence-electron chi connectivity index (χ4n) is 6.16. The molecule has 2 aromatic carbocycles. The molecule has 2 aromatic rings.